The van der Waals surface area contributed by atoms with Crippen molar-refractivity contribution in [3.8, 4) is 0 Å². The summed E-state index contributed by atoms with van der Waals surface area (Å²) < 4.78 is -0.313. The summed E-state index contributed by atoms with van der Waals surface area (Å²) in [7, 11) is 0. The highest BCUT2D eigenvalue weighted by molar-refractivity contribution is 5.26. The molecule has 0 bridgehead atoms. The maximum atomic E-state index is 10.8. The summed E-state index contributed by atoms with van der Waals surface area (Å²) in [6, 6.07) is 0. The van der Waals surface area contributed by atoms with Gasteiger partial charge in [-0.05, 0) is 19.7 Å². The molecule has 0 aromatic carbocycles. The third-order valence-electron chi connectivity index (χ3n) is 2.07. The number of hydrogen-bond donors (Lipinski definition) is 0. The summed E-state index contributed by atoms with van der Waals surface area (Å²) in [6.45, 7) is 0. The lowest BCUT2D eigenvalue weighted by Crippen LogP contribution is -2.19. The van der Waals surface area contributed by atoms with Crippen molar-refractivity contribution in [3.63, 3.8) is 0 Å². The van der Waals surface area contributed by atoms with Gasteiger partial charge < -0.3 is 40.5 Å². The van der Waals surface area contributed by atoms with Crippen LogP contribution in [-0.4, -0.2) is 49.4 Å². The molecule has 0 aliphatic carbocycles. The van der Waals surface area contributed by atoms with Crippen LogP contribution in [0.5, 0.6) is 0 Å². The molecule has 22 heavy (non-hydrogen) atoms. The van der Waals surface area contributed by atoms with Gasteiger partial charge in [0.25, 0.3) is 0 Å². The normalized spacial score (nSPS) is 10.4. The van der Waals surface area contributed by atoms with Crippen molar-refractivity contribution in [3.05, 3.63) is 40.5 Å². The van der Waals surface area contributed by atoms with E-state index in [4.69, 9.17) is 0 Å². The number of aromatic nitrogens is 6. The van der Waals surface area contributed by atoms with E-state index < -0.39 is 43.5 Å². The fraction of sp³-hybridized carbons (Fsp3) is 0. The van der Waals surface area contributed by atoms with Crippen molar-refractivity contribution < 1.29 is 19.7 Å². The van der Waals surface area contributed by atoms with Gasteiger partial charge in [0.2, 0.25) is 0 Å². The van der Waals surface area contributed by atoms with Gasteiger partial charge >= 0.3 is 23.8 Å². The fourth-order valence-electron chi connectivity index (χ4n) is 1.34. The average molecular weight is 316 g/mol. The zero-order chi connectivity index (χ0) is 16.6. The zero-order valence-electron chi connectivity index (χ0n) is 9.74. The standard InChI is InChI=1S/C4N10O8/c15-11(16)1-5-6-2(12(17)18)9(1)10-3(13(19)20)7-8-4(10)14(21)22. The van der Waals surface area contributed by atoms with Crippen molar-refractivity contribution in [2.75, 3.05) is 0 Å². The van der Waals surface area contributed by atoms with Gasteiger partial charge in [0.05, 0.1) is 0 Å². The maximum Gasteiger partial charge on any atom is 0.512 e. The number of rotatable bonds is 5. The Morgan fingerprint density at radius 1 is 0.545 bits per heavy atom. The SMILES string of the molecule is O=[N+]([O-])c1nnc([N+](=O)[O-])n1-n1c([N+](=O)[O-])nnc1[N+](=O)[O-]. The van der Waals surface area contributed by atoms with Crippen molar-refractivity contribution in [1.29, 1.82) is 0 Å². The molecule has 18 heteroatoms. The van der Waals surface area contributed by atoms with Crippen molar-refractivity contribution >= 4 is 23.8 Å². The van der Waals surface area contributed by atoms with E-state index in [2.05, 4.69) is 20.4 Å². The largest absolute Gasteiger partial charge is 0.512 e. The van der Waals surface area contributed by atoms with Gasteiger partial charge in [-0.15, -0.1) is 0 Å². The van der Waals surface area contributed by atoms with Gasteiger partial charge in [0.15, 0.2) is 0 Å². The van der Waals surface area contributed by atoms with Crippen LogP contribution >= 0.6 is 0 Å². The van der Waals surface area contributed by atoms with E-state index in [0.717, 1.165) is 0 Å². The van der Waals surface area contributed by atoms with Gasteiger partial charge in [-0.25, -0.2) is 0 Å². The molecule has 2 heterocycles. The second-order valence-electron chi connectivity index (χ2n) is 3.25. The summed E-state index contributed by atoms with van der Waals surface area (Å²) in [5.41, 5.74) is 0. The molecule has 2 rings (SSSR count). The van der Waals surface area contributed by atoms with Crippen LogP contribution in [0.1, 0.15) is 0 Å². The first-order valence-electron chi connectivity index (χ1n) is 4.74. The molecule has 0 fully saturated rings. The highest BCUT2D eigenvalue weighted by Crippen LogP contribution is 2.24. The summed E-state index contributed by atoms with van der Waals surface area (Å²) in [5, 5.41) is 54.5. The predicted molar refractivity (Wildman–Crippen MR) is 57.5 cm³/mol. The van der Waals surface area contributed by atoms with Crippen LogP contribution < -0.4 is 0 Å². The summed E-state index contributed by atoms with van der Waals surface area (Å²) >= 11 is 0. The van der Waals surface area contributed by atoms with Crippen LogP contribution in [0.3, 0.4) is 0 Å². The molecule has 18 nitrogen and oxygen atoms in total. The quantitative estimate of drug-likeness (QED) is 0.467. The van der Waals surface area contributed by atoms with E-state index in [1.807, 2.05) is 0 Å². The summed E-state index contributed by atoms with van der Waals surface area (Å²) in [5.74, 6) is -5.51. The minimum Gasteiger partial charge on any atom is -0.390 e. The molecule has 0 radical (unpaired) electrons. The van der Waals surface area contributed by atoms with Gasteiger partial charge in [-0.3, -0.25) is 0 Å². The highest BCUT2D eigenvalue weighted by Gasteiger charge is 2.44. The first-order chi connectivity index (χ1) is 10.3. The Bertz CT molecular complexity index is 686. The second kappa shape index (κ2) is 4.77. The van der Waals surface area contributed by atoms with E-state index in [0.29, 0.717) is 0 Å². The van der Waals surface area contributed by atoms with Crippen molar-refractivity contribution in [1.82, 2.24) is 29.7 Å². The molecule has 0 unspecified atom stereocenters. The molecule has 0 atom stereocenters. The zero-order valence-corrected chi connectivity index (χ0v) is 9.74. The lowest BCUT2D eigenvalue weighted by atomic mass is 10.9. The maximum absolute atomic E-state index is 10.8. The van der Waals surface area contributed by atoms with E-state index in [1.165, 1.54) is 0 Å². The van der Waals surface area contributed by atoms with Gasteiger partial charge in [-0.1, -0.05) is 0 Å². The summed E-state index contributed by atoms with van der Waals surface area (Å²) in [4.78, 5) is 38.0. The Kier molecular flexibility index (Phi) is 3.10. The number of hydrogen-bond acceptors (Lipinski definition) is 12. The first-order valence-corrected chi connectivity index (χ1v) is 4.74. The molecule has 0 saturated carbocycles. The molecule has 0 N–H and O–H groups in total. The Morgan fingerprint density at radius 2 is 0.727 bits per heavy atom. The summed E-state index contributed by atoms with van der Waals surface area (Å²) in [6.07, 6.45) is 0. The number of nitro groups is 4. The van der Waals surface area contributed by atoms with Crippen LogP contribution in [0.15, 0.2) is 0 Å². The third-order valence-corrected chi connectivity index (χ3v) is 2.07. The monoisotopic (exact) mass is 316 g/mol. The first kappa shape index (κ1) is 14.3. The Morgan fingerprint density at radius 3 is 0.864 bits per heavy atom. The van der Waals surface area contributed by atoms with E-state index in [1.54, 1.807) is 0 Å². The molecule has 0 aliphatic rings. The topological polar surface area (TPSA) is 234 Å². The second-order valence-corrected chi connectivity index (χ2v) is 3.25. The van der Waals surface area contributed by atoms with E-state index >= 15 is 0 Å². The van der Waals surface area contributed by atoms with E-state index in [-0.39, 0.29) is 9.35 Å². The Hall–Kier alpha value is -4.12. The highest BCUT2D eigenvalue weighted by atomic mass is 16.7. The lowest BCUT2D eigenvalue weighted by molar-refractivity contribution is -0.423. The van der Waals surface area contributed by atoms with Crippen LogP contribution in [-0.2, 0) is 0 Å². The van der Waals surface area contributed by atoms with Crippen molar-refractivity contribution in [2.45, 2.75) is 0 Å². The minimum absolute atomic E-state index is 0.156. The molecule has 2 aromatic rings. The van der Waals surface area contributed by atoms with Crippen LogP contribution in [0, 0.1) is 40.5 Å². The van der Waals surface area contributed by atoms with Gasteiger partial charge in [-0.2, -0.15) is 0 Å². The minimum atomic E-state index is -1.38. The lowest BCUT2D eigenvalue weighted by Gasteiger charge is -2.00. The molecule has 0 aliphatic heterocycles. The Labute approximate surface area is 115 Å². The molecular formula is C4N10O8. The third kappa shape index (κ3) is 2.00. The molecule has 0 spiro atoms. The fourth-order valence-corrected chi connectivity index (χ4v) is 1.34. The molecule has 2 aromatic heterocycles. The van der Waals surface area contributed by atoms with Crippen LogP contribution in [0.25, 0.3) is 0 Å². The number of nitrogens with zero attached hydrogens (tertiary/aromatic N) is 10. The van der Waals surface area contributed by atoms with Gasteiger partial charge in [0.1, 0.15) is 20.4 Å². The molecule has 114 valence electrons. The smallest absolute Gasteiger partial charge is 0.390 e. The van der Waals surface area contributed by atoms with Crippen LogP contribution in [0.4, 0.5) is 23.8 Å². The van der Waals surface area contributed by atoms with E-state index in [9.17, 15) is 40.5 Å². The van der Waals surface area contributed by atoms with Crippen molar-refractivity contribution in [2.24, 2.45) is 0 Å². The molecule has 0 amide bonds. The van der Waals surface area contributed by atoms with Gasteiger partial charge in [0, 0.05) is 9.35 Å². The van der Waals surface area contributed by atoms with Crippen LogP contribution in [0.2, 0.25) is 0 Å². The molecule has 0 saturated heterocycles. The Balaban J connectivity index is 2.92. The molecular weight excluding hydrogens is 316 g/mol. The average Bonchev–Trinajstić information content (AvgIpc) is 3.01. The predicted octanol–water partition coefficient (Wildman–Crippen LogP) is -1.19.